The lowest BCUT2D eigenvalue weighted by atomic mass is 10.1. The van der Waals surface area contributed by atoms with Gasteiger partial charge in [0.15, 0.2) is 0 Å². The molecule has 1 unspecified atom stereocenters. The molecular formula is C16H34Cl3NSi3. The molecule has 0 rings (SSSR count). The highest BCUT2D eigenvalue weighted by Crippen LogP contribution is 2.31. The van der Waals surface area contributed by atoms with Crippen LogP contribution in [0.5, 0.6) is 0 Å². The summed E-state index contributed by atoms with van der Waals surface area (Å²) in [6.45, 7) is 11.0. The quantitative estimate of drug-likeness (QED) is 0.233. The smallest absolute Gasteiger partial charge is 0.345 e. The predicted octanol–water partition coefficient (Wildman–Crippen LogP) is 5.23. The Hall–Kier alpha value is 0.961. The second-order valence-corrected chi connectivity index (χ2v) is 20.7. The summed E-state index contributed by atoms with van der Waals surface area (Å²) >= 11 is 19.6. The molecule has 0 fully saturated rings. The minimum atomic E-state index is -2.72. The Balaban J connectivity index is 4.99. The van der Waals surface area contributed by atoms with Gasteiger partial charge in [-0.05, 0) is 34.1 Å². The van der Waals surface area contributed by atoms with Crippen LogP contribution < -0.4 is 0 Å². The number of hydrogen-bond acceptors (Lipinski definition) is 1. The minimum Gasteiger partial charge on any atom is -0.345 e. The van der Waals surface area contributed by atoms with Gasteiger partial charge in [0, 0.05) is 5.67 Å². The van der Waals surface area contributed by atoms with Gasteiger partial charge in [-0.1, -0.05) is 61.6 Å². The van der Waals surface area contributed by atoms with Gasteiger partial charge in [0.05, 0.1) is 0 Å². The van der Waals surface area contributed by atoms with E-state index < -0.39 is 25.4 Å². The molecule has 0 N–H and O–H groups in total. The molecule has 136 valence electrons. The maximum atomic E-state index is 6.52. The average molecular weight is 431 g/mol. The third kappa shape index (κ3) is 11.2. The van der Waals surface area contributed by atoms with Crippen LogP contribution in [0, 0.1) is 0 Å². The molecule has 0 aromatic carbocycles. The first-order valence-corrected chi connectivity index (χ1v) is 16.6. The fraction of sp³-hybridized carbons (Fsp3) is 0.750. The van der Waals surface area contributed by atoms with E-state index in [0.29, 0.717) is 0 Å². The van der Waals surface area contributed by atoms with Crippen molar-refractivity contribution < 1.29 is 0 Å². The Morgan fingerprint density at radius 3 is 1.83 bits per heavy atom. The molecule has 0 aromatic rings. The van der Waals surface area contributed by atoms with Crippen LogP contribution in [-0.2, 0) is 0 Å². The van der Waals surface area contributed by atoms with Crippen LogP contribution in [0.3, 0.4) is 0 Å². The Kier molecular flexibility index (Phi) is 13.8. The van der Waals surface area contributed by atoms with Crippen LogP contribution >= 0.6 is 33.2 Å². The first kappa shape index (κ1) is 24.0. The van der Waals surface area contributed by atoms with Crippen molar-refractivity contribution in [2.75, 3.05) is 0 Å². The Labute approximate surface area is 163 Å². The lowest BCUT2D eigenvalue weighted by Gasteiger charge is -2.36. The van der Waals surface area contributed by atoms with Crippen LogP contribution in [0.1, 0.15) is 73.1 Å². The molecule has 0 aliphatic heterocycles. The molecule has 0 aliphatic carbocycles. The standard InChI is InChI=1S/C16H34Cl3NSi3/c1-6-9-10-11-12-13-16(23(17,18)19)20(21-14(4)7-2)22-15(5)8-3/h7-8,16H,6,9-13,21-22H2,1-5H3. The van der Waals surface area contributed by atoms with Gasteiger partial charge in [0.2, 0.25) is 0 Å². The summed E-state index contributed by atoms with van der Waals surface area (Å²) in [5, 5.41) is 3.00. The molecule has 1 atom stereocenters. The zero-order chi connectivity index (χ0) is 17.9. The summed E-state index contributed by atoms with van der Waals surface area (Å²) in [5.74, 6) is 0. The molecule has 0 radical (unpaired) electrons. The fourth-order valence-electron chi connectivity index (χ4n) is 2.59. The molecule has 0 amide bonds. The van der Waals surface area contributed by atoms with E-state index in [2.05, 4.69) is 51.0 Å². The van der Waals surface area contributed by atoms with Gasteiger partial charge >= 0.3 is 6.00 Å². The van der Waals surface area contributed by atoms with Gasteiger partial charge in [-0.25, -0.2) is 0 Å². The van der Waals surface area contributed by atoms with Gasteiger partial charge in [-0.15, -0.1) is 33.2 Å². The number of rotatable bonds is 12. The maximum absolute atomic E-state index is 6.52. The van der Waals surface area contributed by atoms with E-state index >= 15 is 0 Å². The zero-order valence-electron chi connectivity index (χ0n) is 15.5. The van der Waals surface area contributed by atoms with Crippen molar-refractivity contribution in [3.63, 3.8) is 0 Å². The van der Waals surface area contributed by atoms with Gasteiger partial charge in [0.1, 0.15) is 19.4 Å². The lowest BCUT2D eigenvalue weighted by Crippen LogP contribution is -2.51. The van der Waals surface area contributed by atoms with Gasteiger partial charge in [-0.3, -0.25) is 0 Å². The third-order valence-corrected chi connectivity index (χ3v) is 13.5. The number of hydrogen-bond donors (Lipinski definition) is 0. The highest BCUT2D eigenvalue weighted by Gasteiger charge is 2.40. The Bertz CT molecular complexity index is 361. The first-order chi connectivity index (χ1) is 10.8. The second-order valence-electron chi connectivity index (χ2n) is 6.44. The number of halogens is 3. The summed E-state index contributed by atoms with van der Waals surface area (Å²) < 4.78 is 2.66. The van der Waals surface area contributed by atoms with Crippen molar-refractivity contribution in [1.82, 2.24) is 4.23 Å². The van der Waals surface area contributed by atoms with E-state index in [-0.39, 0.29) is 5.67 Å². The van der Waals surface area contributed by atoms with Crippen LogP contribution in [-0.4, -0.2) is 35.3 Å². The summed E-state index contributed by atoms with van der Waals surface area (Å²) in [5.41, 5.74) is 0.206. The number of unbranched alkanes of at least 4 members (excludes halogenated alkanes) is 4. The summed E-state index contributed by atoms with van der Waals surface area (Å²) in [7, 11) is -0.954. The first-order valence-electron chi connectivity index (χ1n) is 8.80. The van der Waals surface area contributed by atoms with E-state index in [9.17, 15) is 0 Å². The zero-order valence-corrected chi connectivity index (χ0v) is 21.6. The molecular weight excluding hydrogens is 397 g/mol. The van der Waals surface area contributed by atoms with Gasteiger partial charge < -0.3 is 4.23 Å². The SMILES string of the molecule is CC=C(C)[SiH2]N([SiH2]C(C)=CC)C(CCCCCCC)[Si](Cl)(Cl)Cl. The molecule has 0 saturated carbocycles. The van der Waals surface area contributed by atoms with Gasteiger partial charge in [0.25, 0.3) is 0 Å². The maximum Gasteiger partial charge on any atom is 0.356 e. The number of nitrogens with zero attached hydrogens (tertiary/aromatic N) is 1. The van der Waals surface area contributed by atoms with E-state index in [1.807, 2.05) is 0 Å². The largest absolute Gasteiger partial charge is 0.356 e. The number of allylic oxidation sites excluding steroid dienone is 4. The van der Waals surface area contributed by atoms with Crippen LogP contribution in [0.4, 0.5) is 0 Å². The normalized spacial score (nSPS) is 16.4. The van der Waals surface area contributed by atoms with E-state index in [4.69, 9.17) is 33.2 Å². The fourth-order valence-corrected chi connectivity index (χ4v) is 15.1. The molecule has 0 bridgehead atoms. The third-order valence-electron chi connectivity index (χ3n) is 4.29. The van der Waals surface area contributed by atoms with Crippen molar-refractivity contribution >= 4 is 58.6 Å². The Morgan fingerprint density at radius 2 is 1.43 bits per heavy atom. The molecule has 0 saturated heterocycles. The topological polar surface area (TPSA) is 3.24 Å². The van der Waals surface area contributed by atoms with Crippen molar-refractivity contribution in [1.29, 1.82) is 0 Å². The van der Waals surface area contributed by atoms with Crippen LogP contribution in [0.15, 0.2) is 22.5 Å². The van der Waals surface area contributed by atoms with Crippen molar-refractivity contribution in [2.24, 2.45) is 0 Å². The monoisotopic (exact) mass is 429 g/mol. The van der Waals surface area contributed by atoms with Crippen molar-refractivity contribution in [3.05, 3.63) is 22.5 Å². The highest BCUT2D eigenvalue weighted by molar-refractivity contribution is 7.65. The van der Waals surface area contributed by atoms with Crippen LogP contribution in [0.2, 0.25) is 0 Å². The highest BCUT2D eigenvalue weighted by atomic mass is 35.8. The second kappa shape index (κ2) is 13.2. The van der Waals surface area contributed by atoms with E-state index in [1.165, 1.54) is 42.5 Å². The molecule has 0 aromatic heterocycles. The molecule has 0 aliphatic rings. The summed E-state index contributed by atoms with van der Waals surface area (Å²) in [6, 6.07) is -2.72. The van der Waals surface area contributed by atoms with E-state index in [1.54, 1.807) is 0 Å². The molecule has 0 spiro atoms. The lowest BCUT2D eigenvalue weighted by molar-refractivity contribution is 0.515. The minimum absolute atomic E-state index is 0.206. The molecule has 23 heavy (non-hydrogen) atoms. The average Bonchev–Trinajstić information content (AvgIpc) is 2.48. The predicted molar refractivity (Wildman–Crippen MR) is 118 cm³/mol. The van der Waals surface area contributed by atoms with E-state index in [0.717, 1.165) is 6.42 Å². The Morgan fingerprint density at radius 1 is 0.957 bits per heavy atom. The molecule has 0 heterocycles. The summed E-state index contributed by atoms with van der Waals surface area (Å²) in [4.78, 5) is 0. The van der Waals surface area contributed by atoms with Crippen LogP contribution in [0.25, 0.3) is 0 Å². The van der Waals surface area contributed by atoms with Crippen molar-refractivity contribution in [2.45, 2.75) is 78.8 Å². The molecule has 7 heteroatoms. The van der Waals surface area contributed by atoms with Gasteiger partial charge in [-0.2, -0.15) is 0 Å². The summed E-state index contributed by atoms with van der Waals surface area (Å²) in [6.07, 6.45) is 11.9. The van der Waals surface area contributed by atoms with Crippen molar-refractivity contribution in [3.8, 4) is 0 Å². The molecule has 1 nitrogen and oxygen atoms in total.